The number of fused-ring (bicyclic) bond motifs is 1. The fraction of sp³-hybridized carbons (Fsp3) is 0.562. The van der Waals surface area contributed by atoms with Gasteiger partial charge in [0.2, 0.25) is 25.9 Å². The summed E-state index contributed by atoms with van der Waals surface area (Å²) in [6.07, 6.45) is -1.14. The summed E-state index contributed by atoms with van der Waals surface area (Å²) >= 11 is 0. The van der Waals surface area contributed by atoms with Gasteiger partial charge in [-0.2, -0.15) is 5.21 Å². The third-order valence-electron chi connectivity index (χ3n) is 5.75. The van der Waals surface area contributed by atoms with Gasteiger partial charge in [-0.05, 0) is 29.2 Å². The van der Waals surface area contributed by atoms with Crippen LogP contribution < -0.4 is 25.8 Å². The second kappa shape index (κ2) is 8.62. The van der Waals surface area contributed by atoms with Crippen LogP contribution in [0.5, 0.6) is 0 Å². The Kier molecular flexibility index (Phi) is 6.19. The minimum absolute atomic E-state index is 0.0450. The molecule has 8 N–H and O–H groups in total. The first-order valence-electron chi connectivity index (χ1n) is 9.89. The Balaban J connectivity index is 1.87. The molecule has 16 heteroatoms. The monoisotopic (exact) mass is 487 g/mol. The number of H-pyrrole nitrogens is 1. The molecule has 0 saturated carbocycles. The first-order valence-corrected chi connectivity index (χ1v) is 12.9. The van der Waals surface area contributed by atoms with Gasteiger partial charge in [-0.15, -0.1) is 10.2 Å². The Labute approximate surface area is 184 Å². The minimum atomic E-state index is -4.56. The number of nitrogens with one attached hydrogen (secondary N) is 3. The summed E-state index contributed by atoms with van der Waals surface area (Å²) in [5.74, 6) is 0.668. The van der Waals surface area contributed by atoms with E-state index in [9.17, 15) is 21.9 Å². The van der Waals surface area contributed by atoms with Crippen LogP contribution in [-0.2, 0) is 20.0 Å². The van der Waals surface area contributed by atoms with E-state index in [1.54, 1.807) is 0 Å². The van der Waals surface area contributed by atoms with E-state index in [0.29, 0.717) is 30.6 Å². The highest BCUT2D eigenvalue weighted by molar-refractivity contribution is 7.92. The van der Waals surface area contributed by atoms with Crippen molar-refractivity contribution in [1.29, 1.82) is 0 Å². The quantitative estimate of drug-likeness (QED) is 0.217. The number of aromatic amines is 1. The SMILES string of the molecule is NCC(O)CNS(=O)(=O)c1ccc(N2C[C@H]3CNC[C@H]3C2)c(-c2nn[nH]n2)c1S(N)(=O)=O. The third-order valence-corrected chi connectivity index (χ3v) is 8.34. The van der Waals surface area contributed by atoms with Crippen molar-refractivity contribution in [3.05, 3.63) is 12.1 Å². The Bertz CT molecular complexity index is 1170. The standard InChI is InChI=1S/C16H25N9O5S2/c17-3-11(26)6-20-32(29,30)13-2-1-12(25-7-9-4-19-5-10(9)8-25)14(15(13)31(18,27)28)16-21-23-24-22-16/h1-2,9-11,19-20,26H,3-8,17H2,(H2,18,27,28)(H,21,22,23,24)/t9-,10+,11?. The van der Waals surface area contributed by atoms with Crippen LogP contribution in [0, 0.1) is 11.8 Å². The average molecular weight is 488 g/mol. The Morgan fingerprint density at radius 2 is 1.91 bits per heavy atom. The van der Waals surface area contributed by atoms with Gasteiger partial charge in [0.25, 0.3) is 0 Å². The number of nitrogens with two attached hydrogens (primary N) is 2. The smallest absolute Gasteiger partial charge is 0.242 e. The molecule has 2 aliphatic heterocycles. The molecule has 2 saturated heterocycles. The number of primary sulfonamides is 1. The van der Waals surface area contributed by atoms with Crippen molar-refractivity contribution < 1.29 is 21.9 Å². The highest BCUT2D eigenvalue weighted by Gasteiger charge is 2.39. The fourth-order valence-electron chi connectivity index (χ4n) is 4.21. The van der Waals surface area contributed by atoms with E-state index in [0.717, 1.165) is 13.1 Å². The van der Waals surface area contributed by atoms with Crippen LogP contribution in [0.4, 0.5) is 5.69 Å². The highest BCUT2D eigenvalue weighted by atomic mass is 32.2. The number of aromatic nitrogens is 4. The lowest BCUT2D eigenvalue weighted by molar-refractivity contribution is 0.186. The van der Waals surface area contributed by atoms with Gasteiger partial charge in [0.05, 0.1) is 11.7 Å². The molecule has 14 nitrogen and oxygen atoms in total. The molecule has 0 spiro atoms. The molecule has 2 fully saturated rings. The van der Waals surface area contributed by atoms with Gasteiger partial charge in [-0.1, -0.05) is 0 Å². The van der Waals surface area contributed by atoms with Crippen LogP contribution in [-0.4, -0.2) is 87.9 Å². The van der Waals surface area contributed by atoms with Crippen molar-refractivity contribution in [3.8, 4) is 11.4 Å². The number of tetrazole rings is 1. The molecule has 1 aromatic heterocycles. The molecule has 3 atom stereocenters. The Hall–Kier alpha value is -2.21. The molecule has 1 aromatic carbocycles. The van der Waals surface area contributed by atoms with E-state index >= 15 is 0 Å². The van der Waals surface area contributed by atoms with E-state index < -0.39 is 42.5 Å². The maximum absolute atomic E-state index is 13.0. The largest absolute Gasteiger partial charge is 0.390 e. The molecule has 3 heterocycles. The van der Waals surface area contributed by atoms with Crippen LogP contribution in [0.15, 0.2) is 21.9 Å². The topological polar surface area (TPSA) is 222 Å². The molecule has 2 aromatic rings. The summed E-state index contributed by atoms with van der Waals surface area (Å²) in [5, 5.41) is 32.0. The van der Waals surface area contributed by atoms with Crippen LogP contribution in [0.1, 0.15) is 0 Å². The van der Waals surface area contributed by atoms with Gasteiger partial charge >= 0.3 is 0 Å². The number of hydrogen-bond acceptors (Lipinski definition) is 11. The minimum Gasteiger partial charge on any atom is -0.390 e. The van der Waals surface area contributed by atoms with Crippen LogP contribution in [0.2, 0.25) is 0 Å². The van der Waals surface area contributed by atoms with Crippen LogP contribution in [0.25, 0.3) is 11.4 Å². The van der Waals surface area contributed by atoms with E-state index in [1.165, 1.54) is 12.1 Å². The number of rotatable bonds is 8. The van der Waals surface area contributed by atoms with Gasteiger partial charge in [0, 0.05) is 45.0 Å². The summed E-state index contributed by atoms with van der Waals surface area (Å²) in [7, 11) is -8.94. The first-order chi connectivity index (χ1) is 15.1. The van der Waals surface area contributed by atoms with E-state index in [2.05, 4.69) is 30.7 Å². The lowest BCUT2D eigenvalue weighted by atomic mass is 10.0. The van der Waals surface area contributed by atoms with Crippen molar-refractivity contribution in [2.75, 3.05) is 44.2 Å². The lowest BCUT2D eigenvalue weighted by Crippen LogP contribution is -2.37. The first kappa shape index (κ1) is 23.0. The predicted octanol–water partition coefficient (Wildman–Crippen LogP) is -3.23. The van der Waals surface area contributed by atoms with Gasteiger partial charge in [0.15, 0.2) is 0 Å². The molecular formula is C16H25N9O5S2. The van der Waals surface area contributed by atoms with Crippen molar-refractivity contribution in [2.45, 2.75) is 15.9 Å². The zero-order valence-corrected chi connectivity index (χ0v) is 18.6. The zero-order chi connectivity index (χ0) is 23.1. The van der Waals surface area contributed by atoms with Crippen LogP contribution >= 0.6 is 0 Å². The predicted molar refractivity (Wildman–Crippen MR) is 113 cm³/mol. The van der Waals surface area contributed by atoms with E-state index in [-0.39, 0.29) is 17.9 Å². The Morgan fingerprint density at radius 1 is 1.22 bits per heavy atom. The molecule has 0 amide bonds. The molecule has 32 heavy (non-hydrogen) atoms. The van der Waals surface area contributed by atoms with Crippen LogP contribution in [0.3, 0.4) is 0 Å². The number of aliphatic hydroxyl groups excluding tert-OH is 1. The van der Waals surface area contributed by atoms with Gasteiger partial charge in [-0.3, -0.25) is 0 Å². The van der Waals surface area contributed by atoms with E-state index in [4.69, 9.17) is 10.9 Å². The number of anilines is 1. The van der Waals surface area contributed by atoms with Crippen molar-refractivity contribution in [3.63, 3.8) is 0 Å². The van der Waals surface area contributed by atoms with Crippen molar-refractivity contribution in [1.82, 2.24) is 30.7 Å². The number of hydrogen-bond donors (Lipinski definition) is 6. The number of benzene rings is 1. The number of nitrogens with zero attached hydrogens (tertiary/aromatic N) is 4. The molecule has 2 aliphatic rings. The summed E-state index contributed by atoms with van der Waals surface area (Å²) in [6, 6.07) is 2.70. The number of aliphatic hydroxyl groups is 1. The molecule has 1 unspecified atom stereocenters. The van der Waals surface area contributed by atoms with E-state index in [1.807, 2.05) is 4.90 Å². The van der Waals surface area contributed by atoms with Gasteiger partial charge in [-0.25, -0.2) is 26.7 Å². The zero-order valence-electron chi connectivity index (χ0n) is 17.0. The molecule has 176 valence electrons. The second-order valence-corrected chi connectivity index (χ2v) is 11.1. The maximum atomic E-state index is 13.0. The summed E-state index contributed by atoms with van der Waals surface area (Å²) in [5.41, 5.74) is 5.72. The third kappa shape index (κ3) is 4.34. The highest BCUT2D eigenvalue weighted by Crippen LogP contribution is 2.41. The molecule has 0 aliphatic carbocycles. The fourth-order valence-corrected chi connectivity index (χ4v) is 6.88. The number of sulfonamides is 2. The summed E-state index contributed by atoms with van der Waals surface area (Å²) in [4.78, 5) is 0.772. The summed E-state index contributed by atoms with van der Waals surface area (Å²) in [6.45, 7) is 2.43. The normalized spacial score (nSPS) is 22.3. The molecular weight excluding hydrogens is 462 g/mol. The molecule has 0 bridgehead atoms. The van der Waals surface area contributed by atoms with Crippen molar-refractivity contribution >= 4 is 25.7 Å². The maximum Gasteiger partial charge on any atom is 0.242 e. The molecule has 0 radical (unpaired) electrons. The van der Waals surface area contributed by atoms with Gasteiger partial charge in [0.1, 0.15) is 9.79 Å². The van der Waals surface area contributed by atoms with Gasteiger partial charge < -0.3 is 21.1 Å². The lowest BCUT2D eigenvalue weighted by Gasteiger charge is -2.24. The summed E-state index contributed by atoms with van der Waals surface area (Å²) < 4.78 is 53.4. The second-order valence-electron chi connectivity index (χ2n) is 7.89. The van der Waals surface area contributed by atoms with Crippen molar-refractivity contribution in [2.24, 2.45) is 22.7 Å². The Morgan fingerprint density at radius 3 is 2.47 bits per heavy atom. The molecule has 4 rings (SSSR count). The average Bonchev–Trinajstić information content (AvgIpc) is 3.47.